The average Bonchev–Trinajstić information content (AvgIpc) is 2.56. The molecule has 0 bridgehead atoms. The van der Waals surface area contributed by atoms with Crippen LogP contribution in [-0.4, -0.2) is 30.3 Å². The topological polar surface area (TPSA) is 55.4 Å². The number of benzene rings is 1. The molecule has 2 atom stereocenters. The minimum absolute atomic E-state index is 0.0766. The summed E-state index contributed by atoms with van der Waals surface area (Å²) in [7, 11) is 0. The van der Waals surface area contributed by atoms with Crippen LogP contribution in [0.3, 0.4) is 0 Å². The second kappa shape index (κ2) is 9.54. The van der Waals surface area contributed by atoms with Crippen molar-refractivity contribution in [2.45, 2.75) is 43.5 Å². The maximum absolute atomic E-state index is 11.9. The third-order valence-corrected chi connectivity index (χ3v) is 5.77. The highest BCUT2D eigenvalue weighted by atomic mass is 35.5. The average molecular weight is 390 g/mol. The number of hydrogen-bond donors (Lipinski definition) is 1. The van der Waals surface area contributed by atoms with Crippen molar-refractivity contribution in [1.29, 1.82) is 0 Å². The number of carbonyl (C=O) groups excluding carboxylic acids is 2. The van der Waals surface area contributed by atoms with Crippen LogP contribution in [0.2, 0.25) is 10.0 Å². The van der Waals surface area contributed by atoms with Crippen LogP contribution in [0.15, 0.2) is 23.1 Å². The zero-order valence-corrected chi connectivity index (χ0v) is 15.8. The summed E-state index contributed by atoms with van der Waals surface area (Å²) in [6.07, 6.45) is 4.46. The van der Waals surface area contributed by atoms with E-state index < -0.39 is 5.97 Å². The van der Waals surface area contributed by atoms with Gasteiger partial charge in [0, 0.05) is 16.0 Å². The Bertz CT molecular complexity index is 597. The molecule has 7 heteroatoms. The van der Waals surface area contributed by atoms with Gasteiger partial charge < -0.3 is 10.1 Å². The molecule has 132 valence electrons. The fourth-order valence-electron chi connectivity index (χ4n) is 2.69. The van der Waals surface area contributed by atoms with Crippen molar-refractivity contribution in [1.82, 2.24) is 5.32 Å². The van der Waals surface area contributed by atoms with Crippen LogP contribution in [0.25, 0.3) is 0 Å². The van der Waals surface area contributed by atoms with Crippen molar-refractivity contribution in [3.63, 3.8) is 0 Å². The molecule has 0 unspecified atom stereocenters. The Labute approximate surface area is 156 Å². The number of nitrogens with one attached hydrogen (secondary N) is 1. The third kappa shape index (κ3) is 6.19. The van der Waals surface area contributed by atoms with Crippen LogP contribution in [0.4, 0.5) is 0 Å². The molecule has 0 heterocycles. The number of esters is 1. The van der Waals surface area contributed by atoms with Gasteiger partial charge >= 0.3 is 5.97 Å². The zero-order chi connectivity index (χ0) is 17.5. The summed E-state index contributed by atoms with van der Waals surface area (Å²) in [4.78, 5) is 24.4. The molecule has 1 aromatic carbocycles. The molecule has 0 aromatic heterocycles. The Balaban J connectivity index is 1.70. The third-order valence-electron chi connectivity index (χ3n) is 4.06. The number of amides is 1. The van der Waals surface area contributed by atoms with E-state index in [1.54, 1.807) is 18.2 Å². The minimum atomic E-state index is -0.456. The molecule has 0 spiro atoms. The van der Waals surface area contributed by atoms with Crippen molar-refractivity contribution in [3.8, 4) is 0 Å². The smallest absolute Gasteiger partial charge is 0.316 e. The van der Waals surface area contributed by atoms with Crippen molar-refractivity contribution in [3.05, 3.63) is 28.2 Å². The van der Waals surface area contributed by atoms with Gasteiger partial charge in [-0.3, -0.25) is 9.59 Å². The lowest BCUT2D eigenvalue weighted by Gasteiger charge is -2.29. The minimum Gasteiger partial charge on any atom is -0.455 e. The Morgan fingerprint density at radius 1 is 1.29 bits per heavy atom. The van der Waals surface area contributed by atoms with Gasteiger partial charge in [-0.2, -0.15) is 0 Å². The molecule has 0 aliphatic heterocycles. The summed E-state index contributed by atoms with van der Waals surface area (Å²) < 4.78 is 5.02. The predicted octanol–water partition coefficient (Wildman–Crippen LogP) is 4.32. The largest absolute Gasteiger partial charge is 0.455 e. The van der Waals surface area contributed by atoms with Gasteiger partial charge in [-0.25, -0.2) is 0 Å². The standard InChI is InChI=1S/C17H21Cl2NO3S/c1-11-4-2-3-5-14(11)20-16(21)9-23-17(22)10-24-15-8-12(18)6-7-13(15)19/h6-8,11,14H,2-5,9-10H2,1H3,(H,20,21)/t11-,14+/m1/s1. The first kappa shape index (κ1) is 19.4. The van der Waals surface area contributed by atoms with Gasteiger partial charge in [0.2, 0.25) is 0 Å². The summed E-state index contributed by atoms with van der Waals surface area (Å²) in [5, 5.41) is 4.03. The van der Waals surface area contributed by atoms with E-state index in [2.05, 4.69) is 12.2 Å². The highest BCUT2D eigenvalue weighted by Crippen LogP contribution is 2.29. The lowest BCUT2D eigenvalue weighted by atomic mass is 9.86. The second-order valence-corrected chi connectivity index (χ2v) is 7.82. The molecule has 1 fully saturated rings. The van der Waals surface area contributed by atoms with Gasteiger partial charge in [0.15, 0.2) is 6.61 Å². The Morgan fingerprint density at radius 2 is 2.04 bits per heavy atom. The van der Waals surface area contributed by atoms with Crippen LogP contribution in [-0.2, 0) is 14.3 Å². The maximum Gasteiger partial charge on any atom is 0.316 e. The number of rotatable bonds is 6. The summed E-state index contributed by atoms with van der Waals surface area (Å²) in [5.74, 6) is -0.151. The first-order chi connectivity index (χ1) is 11.5. The van der Waals surface area contributed by atoms with Crippen LogP contribution >= 0.6 is 35.0 Å². The van der Waals surface area contributed by atoms with E-state index in [4.69, 9.17) is 27.9 Å². The van der Waals surface area contributed by atoms with Gasteiger partial charge in [-0.1, -0.05) is 43.0 Å². The Kier molecular flexibility index (Phi) is 7.72. The van der Waals surface area contributed by atoms with Gasteiger partial charge in [0.05, 0.1) is 10.8 Å². The number of ether oxygens (including phenoxy) is 1. The number of carbonyl (C=O) groups is 2. The molecule has 1 saturated carbocycles. The van der Waals surface area contributed by atoms with E-state index in [0.29, 0.717) is 20.9 Å². The van der Waals surface area contributed by atoms with Crippen LogP contribution in [0.1, 0.15) is 32.6 Å². The molecule has 1 aliphatic carbocycles. The Hall–Kier alpha value is -0.910. The van der Waals surface area contributed by atoms with Crippen LogP contribution in [0.5, 0.6) is 0 Å². The van der Waals surface area contributed by atoms with Crippen molar-refractivity contribution < 1.29 is 14.3 Å². The lowest BCUT2D eigenvalue weighted by Crippen LogP contribution is -2.43. The molecule has 0 saturated heterocycles. The summed E-state index contributed by atoms with van der Waals surface area (Å²) in [6, 6.07) is 5.24. The van der Waals surface area contributed by atoms with Crippen molar-refractivity contribution >= 4 is 46.8 Å². The van der Waals surface area contributed by atoms with Crippen molar-refractivity contribution in [2.75, 3.05) is 12.4 Å². The number of thioether (sulfide) groups is 1. The Morgan fingerprint density at radius 3 is 2.79 bits per heavy atom. The number of hydrogen-bond acceptors (Lipinski definition) is 4. The highest BCUT2D eigenvalue weighted by molar-refractivity contribution is 8.00. The quantitative estimate of drug-likeness (QED) is 0.581. The summed E-state index contributed by atoms with van der Waals surface area (Å²) in [5.41, 5.74) is 0. The van der Waals surface area contributed by atoms with Crippen molar-refractivity contribution in [2.24, 2.45) is 5.92 Å². The van der Waals surface area contributed by atoms with E-state index in [1.807, 2.05) is 0 Å². The number of halogens is 2. The molecule has 1 N–H and O–H groups in total. The van der Waals surface area contributed by atoms with Crippen LogP contribution < -0.4 is 5.32 Å². The van der Waals surface area contributed by atoms with E-state index in [-0.39, 0.29) is 24.3 Å². The van der Waals surface area contributed by atoms with Gasteiger partial charge in [0.1, 0.15) is 0 Å². The van der Waals surface area contributed by atoms with Crippen LogP contribution in [0, 0.1) is 5.92 Å². The molecule has 0 radical (unpaired) electrons. The molecule has 24 heavy (non-hydrogen) atoms. The molecular formula is C17H21Cl2NO3S. The first-order valence-electron chi connectivity index (χ1n) is 7.98. The predicted molar refractivity (Wildman–Crippen MR) is 97.7 cm³/mol. The monoisotopic (exact) mass is 389 g/mol. The summed E-state index contributed by atoms with van der Waals surface area (Å²) in [6.45, 7) is 1.90. The molecule has 4 nitrogen and oxygen atoms in total. The molecule has 1 aromatic rings. The lowest BCUT2D eigenvalue weighted by molar-refractivity contribution is -0.146. The molecule has 2 rings (SSSR count). The van der Waals surface area contributed by atoms with Gasteiger partial charge in [-0.15, -0.1) is 11.8 Å². The van der Waals surface area contributed by atoms with E-state index in [9.17, 15) is 9.59 Å². The maximum atomic E-state index is 11.9. The fourth-order valence-corrected chi connectivity index (χ4v) is 3.98. The second-order valence-electron chi connectivity index (χ2n) is 5.96. The van der Waals surface area contributed by atoms with E-state index in [0.717, 1.165) is 19.3 Å². The normalized spacial score (nSPS) is 20.5. The first-order valence-corrected chi connectivity index (χ1v) is 9.72. The molecule has 1 aliphatic rings. The van der Waals surface area contributed by atoms with E-state index >= 15 is 0 Å². The van der Waals surface area contributed by atoms with E-state index in [1.165, 1.54) is 18.2 Å². The summed E-state index contributed by atoms with van der Waals surface area (Å²) >= 11 is 13.2. The molecular weight excluding hydrogens is 369 g/mol. The fraction of sp³-hybridized carbons (Fsp3) is 0.529. The zero-order valence-electron chi connectivity index (χ0n) is 13.5. The SMILES string of the molecule is C[C@@H]1CCCC[C@@H]1NC(=O)COC(=O)CSc1cc(Cl)ccc1Cl. The van der Waals surface area contributed by atoms with Gasteiger partial charge in [0.25, 0.3) is 5.91 Å². The van der Waals surface area contributed by atoms with Gasteiger partial charge in [-0.05, 0) is 37.0 Å². The highest BCUT2D eigenvalue weighted by Gasteiger charge is 2.23. The molecule has 1 amide bonds.